The van der Waals surface area contributed by atoms with Gasteiger partial charge in [0.1, 0.15) is 5.82 Å². The molecule has 0 amide bonds. The molecule has 2 aromatic heterocycles. The van der Waals surface area contributed by atoms with E-state index in [0.717, 1.165) is 19.3 Å². The van der Waals surface area contributed by atoms with E-state index >= 15 is 0 Å². The molecule has 2 atom stereocenters. The van der Waals surface area contributed by atoms with E-state index in [1.807, 2.05) is 0 Å². The molecule has 1 saturated carbocycles. The molecule has 4 rings (SSSR count). The van der Waals surface area contributed by atoms with Gasteiger partial charge in [-0.05, 0) is 25.7 Å². The van der Waals surface area contributed by atoms with Crippen molar-refractivity contribution in [1.29, 1.82) is 0 Å². The van der Waals surface area contributed by atoms with Crippen LogP contribution in [0.5, 0.6) is 0 Å². The number of hydrogen-bond donors (Lipinski definition) is 0. The lowest BCUT2D eigenvalue weighted by Gasteiger charge is -2.24. The third kappa shape index (κ3) is 2.14. The van der Waals surface area contributed by atoms with Crippen LogP contribution in [0.1, 0.15) is 36.8 Å². The first-order chi connectivity index (χ1) is 11.3. The lowest BCUT2D eigenvalue weighted by molar-refractivity contribution is 0.332. The smallest absolute Gasteiger partial charge is 0.262 e. The summed E-state index contributed by atoms with van der Waals surface area (Å²) in [5, 5.41) is 4.22. The topological polar surface area (TPSA) is 94.1 Å². The SMILES string of the molecule is Cc1nc(C23CCCC2CN(S(=O)(=O)c2cn(C)c(C)n2)C3)no1. The first-order valence-corrected chi connectivity index (χ1v) is 9.58. The third-order valence-electron chi connectivity index (χ3n) is 5.50. The highest BCUT2D eigenvalue weighted by molar-refractivity contribution is 7.89. The van der Waals surface area contributed by atoms with Crippen molar-refractivity contribution in [2.75, 3.05) is 13.1 Å². The first-order valence-electron chi connectivity index (χ1n) is 8.14. The van der Waals surface area contributed by atoms with Gasteiger partial charge in [0.2, 0.25) is 5.89 Å². The Labute approximate surface area is 140 Å². The average Bonchev–Trinajstić information content (AvgIpc) is 3.23. The van der Waals surface area contributed by atoms with Crippen LogP contribution in [0.25, 0.3) is 0 Å². The number of hydrogen-bond acceptors (Lipinski definition) is 6. The lowest BCUT2D eigenvalue weighted by atomic mass is 9.80. The molecule has 1 saturated heterocycles. The fourth-order valence-corrected chi connectivity index (χ4v) is 5.66. The summed E-state index contributed by atoms with van der Waals surface area (Å²) < 4.78 is 34.4. The number of rotatable bonds is 3. The van der Waals surface area contributed by atoms with Gasteiger partial charge in [-0.3, -0.25) is 0 Å². The number of sulfonamides is 1. The van der Waals surface area contributed by atoms with Crippen LogP contribution in [-0.2, 0) is 22.5 Å². The van der Waals surface area contributed by atoms with Gasteiger partial charge in [0.25, 0.3) is 10.0 Å². The van der Waals surface area contributed by atoms with Gasteiger partial charge < -0.3 is 9.09 Å². The van der Waals surface area contributed by atoms with Crippen LogP contribution in [0.2, 0.25) is 0 Å². The summed E-state index contributed by atoms with van der Waals surface area (Å²) in [7, 11) is -1.81. The van der Waals surface area contributed by atoms with E-state index in [4.69, 9.17) is 4.52 Å². The van der Waals surface area contributed by atoms with Crippen molar-refractivity contribution in [3.8, 4) is 0 Å². The van der Waals surface area contributed by atoms with Crippen molar-refractivity contribution in [2.24, 2.45) is 13.0 Å². The van der Waals surface area contributed by atoms with Crippen LogP contribution in [-0.4, -0.2) is 45.5 Å². The predicted octanol–water partition coefficient (Wildman–Crippen LogP) is 1.16. The normalized spacial score (nSPS) is 27.7. The minimum Gasteiger partial charge on any atom is -0.340 e. The highest BCUT2D eigenvalue weighted by Gasteiger charge is 2.56. The molecule has 0 aromatic carbocycles. The summed E-state index contributed by atoms with van der Waals surface area (Å²) in [5.74, 6) is 2.08. The summed E-state index contributed by atoms with van der Waals surface area (Å²) in [4.78, 5) is 8.62. The van der Waals surface area contributed by atoms with Gasteiger partial charge in [0.05, 0.1) is 5.41 Å². The Bertz CT molecular complexity index is 867. The molecule has 0 radical (unpaired) electrons. The molecule has 2 aliphatic rings. The summed E-state index contributed by atoms with van der Waals surface area (Å²) in [6, 6.07) is 0. The second kappa shape index (κ2) is 5.13. The zero-order valence-electron chi connectivity index (χ0n) is 14.1. The number of aryl methyl sites for hydroxylation is 3. The minimum atomic E-state index is -3.61. The standard InChI is InChI=1S/C15H21N5O3S/c1-10-16-13(8-19(10)3)24(21,22)20-7-12-5-4-6-15(12,9-20)14-17-11(2)23-18-14/h8,12H,4-7,9H2,1-3H3. The molecule has 0 spiro atoms. The van der Waals surface area contributed by atoms with Crippen LogP contribution < -0.4 is 0 Å². The molecule has 1 aliphatic carbocycles. The summed E-state index contributed by atoms with van der Waals surface area (Å²) in [6.07, 6.45) is 4.52. The van der Waals surface area contributed by atoms with Crippen molar-refractivity contribution < 1.29 is 12.9 Å². The van der Waals surface area contributed by atoms with E-state index in [1.54, 1.807) is 36.0 Å². The fourth-order valence-electron chi connectivity index (χ4n) is 4.08. The van der Waals surface area contributed by atoms with Crippen LogP contribution in [0, 0.1) is 19.8 Å². The van der Waals surface area contributed by atoms with E-state index in [2.05, 4.69) is 15.1 Å². The van der Waals surface area contributed by atoms with Gasteiger partial charge in [0.15, 0.2) is 10.9 Å². The molecule has 8 nitrogen and oxygen atoms in total. The average molecular weight is 351 g/mol. The van der Waals surface area contributed by atoms with Gasteiger partial charge in [-0.15, -0.1) is 0 Å². The first kappa shape index (κ1) is 15.8. The zero-order valence-corrected chi connectivity index (χ0v) is 14.9. The minimum absolute atomic E-state index is 0.113. The molecule has 1 aliphatic heterocycles. The van der Waals surface area contributed by atoms with Gasteiger partial charge in [0, 0.05) is 33.3 Å². The largest absolute Gasteiger partial charge is 0.340 e. The second-order valence-electron chi connectivity index (χ2n) is 6.92. The molecular weight excluding hydrogens is 330 g/mol. The summed E-state index contributed by atoms with van der Waals surface area (Å²) in [6.45, 7) is 4.44. The Morgan fingerprint density at radius 1 is 1.33 bits per heavy atom. The third-order valence-corrected chi connectivity index (χ3v) is 7.19. The molecule has 9 heteroatoms. The quantitative estimate of drug-likeness (QED) is 0.824. The molecule has 2 unspecified atom stereocenters. The molecule has 0 N–H and O–H groups in total. The molecule has 24 heavy (non-hydrogen) atoms. The van der Waals surface area contributed by atoms with Crippen molar-refractivity contribution in [3.05, 3.63) is 23.7 Å². The Balaban J connectivity index is 1.70. The Hall–Kier alpha value is -1.74. The Morgan fingerprint density at radius 2 is 2.12 bits per heavy atom. The van der Waals surface area contributed by atoms with Crippen LogP contribution in [0.3, 0.4) is 0 Å². The van der Waals surface area contributed by atoms with Crippen LogP contribution in [0.15, 0.2) is 15.7 Å². The summed E-state index contributed by atoms with van der Waals surface area (Å²) >= 11 is 0. The predicted molar refractivity (Wildman–Crippen MR) is 84.8 cm³/mol. The number of imidazole rings is 1. The number of aromatic nitrogens is 4. The van der Waals surface area contributed by atoms with Crippen LogP contribution >= 0.6 is 0 Å². The molecule has 2 fully saturated rings. The molecule has 3 heterocycles. The summed E-state index contributed by atoms with van der Waals surface area (Å²) in [5.41, 5.74) is -0.325. The zero-order chi connectivity index (χ0) is 17.1. The highest BCUT2D eigenvalue weighted by Crippen LogP contribution is 2.50. The van der Waals surface area contributed by atoms with E-state index < -0.39 is 10.0 Å². The maximum atomic E-state index is 13.0. The number of nitrogens with zero attached hydrogens (tertiary/aromatic N) is 5. The van der Waals surface area contributed by atoms with Gasteiger partial charge in [-0.25, -0.2) is 13.4 Å². The van der Waals surface area contributed by atoms with Crippen molar-refractivity contribution in [2.45, 2.75) is 43.6 Å². The van der Waals surface area contributed by atoms with E-state index in [1.165, 1.54) is 0 Å². The second-order valence-corrected chi connectivity index (χ2v) is 8.80. The lowest BCUT2D eigenvalue weighted by Crippen LogP contribution is -2.35. The van der Waals surface area contributed by atoms with Crippen LogP contribution in [0.4, 0.5) is 0 Å². The maximum absolute atomic E-state index is 13.0. The molecular formula is C15H21N5O3S. The molecule has 130 valence electrons. The van der Waals surface area contributed by atoms with Crippen molar-refractivity contribution >= 4 is 10.0 Å². The monoisotopic (exact) mass is 351 g/mol. The maximum Gasteiger partial charge on any atom is 0.262 e. The van der Waals surface area contributed by atoms with E-state index in [9.17, 15) is 8.42 Å². The van der Waals surface area contributed by atoms with Crippen molar-refractivity contribution in [1.82, 2.24) is 24.0 Å². The van der Waals surface area contributed by atoms with Gasteiger partial charge in [-0.2, -0.15) is 9.29 Å². The van der Waals surface area contributed by atoms with Gasteiger partial charge >= 0.3 is 0 Å². The van der Waals surface area contributed by atoms with E-state index in [0.29, 0.717) is 30.6 Å². The Kier molecular flexibility index (Phi) is 3.37. The molecule has 0 bridgehead atoms. The Morgan fingerprint density at radius 3 is 2.75 bits per heavy atom. The molecule has 2 aromatic rings. The van der Waals surface area contributed by atoms with E-state index in [-0.39, 0.29) is 16.4 Å². The fraction of sp³-hybridized carbons (Fsp3) is 0.667. The van der Waals surface area contributed by atoms with Gasteiger partial charge in [-0.1, -0.05) is 11.6 Å². The highest BCUT2D eigenvalue weighted by atomic mass is 32.2. The number of fused-ring (bicyclic) bond motifs is 1. The van der Waals surface area contributed by atoms with Crippen molar-refractivity contribution in [3.63, 3.8) is 0 Å².